The molecule has 0 aliphatic carbocycles. The van der Waals surface area contributed by atoms with Crippen LogP contribution in [-0.4, -0.2) is 28.9 Å². The molecule has 7 heteroatoms. The van der Waals surface area contributed by atoms with E-state index in [0.29, 0.717) is 5.56 Å². The molecule has 26 heavy (non-hydrogen) atoms. The van der Waals surface area contributed by atoms with E-state index in [1.165, 1.54) is 0 Å². The standard InChI is InChI=1S/C19H20N2O5/c20-18(24)15(11-16(22)26-12-13-7-3-1-4-8-13)21-19(25)17(23)14-9-5-2-6-10-14/h1-10,15,17,23H,11-12H2,(H2,20,24)(H,21,25)/t15-,17+/m1/s1. The van der Waals surface area contributed by atoms with Crippen LogP contribution in [0.4, 0.5) is 0 Å². The zero-order valence-electron chi connectivity index (χ0n) is 14.0. The van der Waals surface area contributed by atoms with Crippen LogP contribution in [0, 0.1) is 0 Å². The Morgan fingerprint density at radius 2 is 1.58 bits per heavy atom. The molecule has 7 nitrogen and oxygen atoms in total. The number of rotatable bonds is 8. The number of nitrogens with one attached hydrogen (secondary N) is 1. The lowest BCUT2D eigenvalue weighted by Crippen LogP contribution is -2.47. The predicted molar refractivity (Wildman–Crippen MR) is 93.4 cm³/mol. The number of aliphatic hydroxyl groups is 1. The summed E-state index contributed by atoms with van der Waals surface area (Å²) in [6, 6.07) is 16.0. The maximum absolute atomic E-state index is 12.1. The monoisotopic (exact) mass is 356 g/mol. The topological polar surface area (TPSA) is 119 Å². The summed E-state index contributed by atoms with van der Waals surface area (Å²) >= 11 is 0. The van der Waals surface area contributed by atoms with Gasteiger partial charge in [0.25, 0.3) is 5.91 Å². The van der Waals surface area contributed by atoms with Crippen LogP contribution in [0.3, 0.4) is 0 Å². The van der Waals surface area contributed by atoms with Crippen LogP contribution in [0.5, 0.6) is 0 Å². The largest absolute Gasteiger partial charge is 0.461 e. The molecule has 0 unspecified atom stereocenters. The van der Waals surface area contributed by atoms with E-state index in [2.05, 4.69) is 5.32 Å². The third-order valence-electron chi connectivity index (χ3n) is 3.64. The van der Waals surface area contributed by atoms with Crippen LogP contribution in [0.1, 0.15) is 23.7 Å². The lowest BCUT2D eigenvalue weighted by atomic mass is 10.1. The van der Waals surface area contributed by atoms with Crippen molar-refractivity contribution in [2.75, 3.05) is 0 Å². The summed E-state index contributed by atoms with van der Waals surface area (Å²) in [5, 5.41) is 12.3. The van der Waals surface area contributed by atoms with Crippen molar-refractivity contribution in [2.45, 2.75) is 25.2 Å². The second-order valence-electron chi connectivity index (χ2n) is 5.63. The number of esters is 1. The summed E-state index contributed by atoms with van der Waals surface area (Å²) in [7, 11) is 0. The number of ether oxygens (including phenoxy) is 1. The van der Waals surface area contributed by atoms with Gasteiger partial charge in [0.1, 0.15) is 12.6 Å². The molecular weight excluding hydrogens is 336 g/mol. The van der Waals surface area contributed by atoms with Crippen molar-refractivity contribution in [3.05, 3.63) is 71.8 Å². The van der Waals surface area contributed by atoms with Gasteiger partial charge in [0.15, 0.2) is 6.10 Å². The summed E-state index contributed by atoms with van der Waals surface area (Å²) in [6.07, 6.45) is -1.89. The second-order valence-corrected chi connectivity index (χ2v) is 5.63. The van der Waals surface area contributed by atoms with Crippen LogP contribution in [0.2, 0.25) is 0 Å². The highest BCUT2D eigenvalue weighted by molar-refractivity contribution is 5.91. The summed E-state index contributed by atoms with van der Waals surface area (Å²) in [5.41, 5.74) is 6.39. The van der Waals surface area contributed by atoms with Crippen molar-refractivity contribution < 1.29 is 24.2 Å². The van der Waals surface area contributed by atoms with Gasteiger partial charge in [-0.15, -0.1) is 0 Å². The van der Waals surface area contributed by atoms with E-state index >= 15 is 0 Å². The van der Waals surface area contributed by atoms with E-state index in [9.17, 15) is 19.5 Å². The Labute approximate surface area is 150 Å². The minimum absolute atomic E-state index is 0.0474. The molecular formula is C19H20N2O5. The van der Waals surface area contributed by atoms with Gasteiger partial charge in [0, 0.05) is 0 Å². The molecule has 2 atom stereocenters. The maximum Gasteiger partial charge on any atom is 0.308 e. The Morgan fingerprint density at radius 3 is 2.15 bits per heavy atom. The molecule has 0 spiro atoms. The first-order valence-corrected chi connectivity index (χ1v) is 7.99. The minimum atomic E-state index is -1.47. The van der Waals surface area contributed by atoms with Gasteiger partial charge in [-0.25, -0.2) is 0 Å². The third kappa shape index (κ3) is 5.71. The van der Waals surface area contributed by atoms with Crippen LogP contribution < -0.4 is 11.1 Å². The SMILES string of the molecule is NC(=O)[C@@H](CC(=O)OCc1ccccc1)NC(=O)[C@@H](O)c1ccccc1. The summed E-state index contributed by atoms with van der Waals surface area (Å²) in [4.78, 5) is 35.5. The van der Waals surface area contributed by atoms with Crippen molar-refractivity contribution in [1.82, 2.24) is 5.32 Å². The number of aliphatic hydroxyl groups excluding tert-OH is 1. The summed E-state index contributed by atoms with van der Waals surface area (Å²) < 4.78 is 5.07. The van der Waals surface area contributed by atoms with E-state index in [4.69, 9.17) is 10.5 Å². The van der Waals surface area contributed by atoms with Crippen LogP contribution in [0.15, 0.2) is 60.7 Å². The number of carbonyl (C=O) groups is 3. The Hall–Kier alpha value is -3.19. The van der Waals surface area contributed by atoms with Gasteiger partial charge >= 0.3 is 5.97 Å². The first kappa shape index (κ1) is 19.1. The van der Waals surface area contributed by atoms with Gasteiger partial charge in [-0.1, -0.05) is 60.7 Å². The first-order valence-electron chi connectivity index (χ1n) is 7.99. The van der Waals surface area contributed by atoms with Gasteiger partial charge in [-0.05, 0) is 11.1 Å². The molecule has 2 amide bonds. The molecule has 0 saturated heterocycles. The fourth-order valence-corrected chi connectivity index (χ4v) is 2.22. The Balaban J connectivity index is 1.90. The van der Waals surface area contributed by atoms with E-state index in [1.54, 1.807) is 54.6 Å². The van der Waals surface area contributed by atoms with E-state index in [1.807, 2.05) is 6.07 Å². The lowest BCUT2D eigenvalue weighted by molar-refractivity contribution is -0.147. The van der Waals surface area contributed by atoms with Crippen molar-refractivity contribution in [2.24, 2.45) is 5.73 Å². The molecule has 2 aromatic carbocycles. The number of hydrogen-bond acceptors (Lipinski definition) is 5. The highest BCUT2D eigenvalue weighted by Crippen LogP contribution is 2.12. The first-order chi connectivity index (χ1) is 12.5. The minimum Gasteiger partial charge on any atom is -0.461 e. The fraction of sp³-hybridized carbons (Fsp3) is 0.211. The molecule has 0 bridgehead atoms. The number of hydrogen-bond donors (Lipinski definition) is 3. The van der Waals surface area contributed by atoms with Gasteiger partial charge in [-0.2, -0.15) is 0 Å². The number of primary amides is 1. The second kappa shape index (κ2) is 9.33. The Morgan fingerprint density at radius 1 is 1.00 bits per heavy atom. The van der Waals surface area contributed by atoms with Crippen molar-refractivity contribution in [1.29, 1.82) is 0 Å². The Bertz CT molecular complexity index is 749. The van der Waals surface area contributed by atoms with Crippen molar-refractivity contribution in [3.63, 3.8) is 0 Å². The summed E-state index contributed by atoms with van der Waals surface area (Å²) in [6.45, 7) is 0.0474. The van der Waals surface area contributed by atoms with Crippen molar-refractivity contribution in [3.8, 4) is 0 Å². The highest BCUT2D eigenvalue weighted by Gasteiger charge is 2.26. The van der Waals surface area contributed by atoms with E-state index < -0.39 is 36.4 Å². The lowest BCUT2D eigenvalue weighted by Gasteiger charge is -2.17. The normalized spacial score (nSPS) is 12.7. The molecule has 2 rings (SSSR count). The average Bonchev–Trinajstić information content (AvgIpc) is 2.66. The molecule has 0 aliphatic rings. The number of amides is 2. The molecule has 136 valence electrons. The molecule has 0 aromatic heterocycles. The quantitative estimate of drug-likeness (QED) is 0.605. The molecule has 2 aromatic rings. The Kier molecular flexibility index (Phi) is 6.87. The molecule has 0 aliphatic heterocycles. The fourth-order valence-electron chi connectivity index (χ4n) is 2.22. The van der Waals surface area contributed by atoms with Crippen LogP contribution in [0.25, 0.3) is 0 Å². The van der Waals surface area contributed by atoms with E-state index in [0.717, 1.165) is 5.56 Å². The van der Waals surface area contributed by atoms with Gasteiger partial charge in [0.2, 0.25) is 5.91 Å². The average molecular weight is 356 g/mol. The molecule has 0 fully saturated rings. The van der Waals surface area contributed by atoms with Crippen LogP contribution >= 0.6 is 0 Å². The van der Waals surface area contributed by atoms with Crippen molar-refractivity contribution >= 4 is 17.8 Å². The van der Waals surface area contributed by atoms with Gasteiger partial charge in [-0.3, -0.25) is 14.4 Å². The molecule has 0 radical (unpaired) electrons. The number of carbonyl (C=O) groups excluding carboxylic acids is 3. The van der Waals surface area contributed by atoms with Gasteiger partial charge < -0.3 is 20.9 Å². The molecule has 4 N–H and O–H groups in total. The predicted octanol–water partition coefficient (Wildman–Crippen LogP) is 0.824. The smallest absolute Gasteiger partial charge is 0.308 e. The number of nitrogens with two attached hydrogens (primary N) is 1. The highest BCUT2D eigenvalue weighted by atomic mass is 16.5. The summed E-state index contributed by atoms with van der Waals surface area (Å²) in [5.74, 6) is -2.40. The zero-order valence-corrected chi connectivity index (χ0v) is 14.0. The third-order valence-corrected chi connectivity index (χ3v) is 3.64. The molecule has 0 saturated carbocycles. The molecule has 0 heterocycles. The van der Waals surface area contributed by atoms with Gasteiger partial charge in [0.05, 0.1) is 6.42 Å². The maximum atomic E-state index is 12.1. The number of benzene rings is 2. The van der Waals surface area contributed by atoms with E-state index in [-0.39, 0.29) is 6.61 Å². The van der Waals surface area contributed by atoms with Crippen LogP contribution in [-0.2, 0) is 25.7 Å². The zero-order chi connectivity index (χ0) is 18.9.